The quantitative estimate of drug-likeness (QED) is 0.450. The maximum Gasteiger partial charge on any atom is 0.334 e. The highest BCUT2D eigenvalue weighted by Crippen LogP contribution is 2.59. The molecule has 0 radical (unpaired) electrons. The number of aliphatic hydroxyl groups is 1. The number of esters is 2. The molecule has 0 spiro atoms. The van der Waals surface area contributed by atoms with Gasteiger partial charge in [0.1, 0.15) is 18.8 Å². The van der Waals surface area contributed by atoms with E-state index in [-0.39, 0.29) is 30.5 Å². The van der Waals surface area contributed by atoms with Gasteiger partial charge in [0, 0.05) is 23.8 Å². The lowest BCUT2D eigenvalue weighted by Gasteiger charge is -2.52. The third-order valence-corrected chi connectivity index (χ3v) is 5.84. The zero-order valence-electron chi connectivity index (χ0n) is 13.4. The van der Waals surface area contributed by atoms with Crippen molar-refractivity contribution in [3.8, 4) is 0 Å². The van der Waals surface area contributed by atoms with E-state index in [1.807, 2.05) is 0 Å². The average molecular weight is 336 g/mol. The van der Waals surface area contributed by atoms with Gasteiger partial charge in [0.25, 0.3) is 0 Å². The lowest BCUT2D eigenvalue weighted by Crippen LogP contribution is -2.58. The lowest BCUT2D eigenvalue weighted by atomic mass is 9.56. The van der Waals surface area contributed by atoms with Crippen LogP contribution in [0.2, 0.25) is 0 Å². The third kappa shape index (κ3) is 2.01. The molecule has 0 aromatic heterocycles. The molecule has 1 N–H and O–H groups in total. The molecule has 1 saturated carbocycles. The summed E-state index contributed by atoms with van der Waals surface area (Å²) < 4.78 is 22.0. The molecule has 1 aliphatic carbocycles. The Hall–Kier alpha value is -1.70. The molecule has 3 heterocycles. The molecule has 130 valence electrons. The molecule has 3 aliphatic heterocycles. The maximum atomic E-state index is 11.9. The van der Waals surface area contributed by atoms with E-state index in [0.29, 0.717) is 24.0 Å². The average Bonchev–Trinajstić information content (AvgIpc) is 3.02. The SMILES string of the molecule is C=C1C(=O)O[C@@H]2C[C@@]3(COC(C)=O)[C@@H]4O[C@@H](O[C@H]4O)C(=C)[C@@H]3C[C@H]12. The maximum absolute atomic E-state index is 11.9. The number of fused-ring (bicyclic) bond motifs is 5. The number of carbonyl (C=O) groups excluding carboxylic acids is 2. The Balaban J connectivity index is 1.74. The zero-order chi connectivity index (χ0) is 17.2. The minimum Gasteiger partial charge on any atom is -0.465 e. The molecule has 24 heavy (non-hydrogen) atoms. The van der Waals surface area contributed by atoms with Crippen molar-refractivity contribution in [3.05, 3.63) is 24.3 Å². The Morgan fingerprint density at radius 3 is 2.88 bits per heavy atom. The topological polar surface area (TPSA) is 91.3 Å². The molecule has 0 aromatic carbocycles. The molecule has 0 amide bonds. The number of hydrogen-bond acceptors (Lipinski definition) is 7. The van der Waals surface area contributed by atoms with Crippen LogP contribution < -0.4 is 0 Å². The predicted octanol–water partition coefficient (Wildman–Crippen LogP) is 0.673. The van der Waals surface area contributed by atoms with E-state index in [4.69, 9.17) is 18.9 Å². The van der Waals surface area contributed by atoms with Crippen molar-refractivity contribution in [2.24, 2.45) is 17.3 Å². The second-order valence-corrected chi connectivity index (χ2v) is 7.07. The van der Waals surface area contributed by atoms with Crippen molar-refractivity contribution in [2.75, 3.05) is 6.61 Å². The van der Waals surface area contributed by atoms with Gasteiger partial charge in [-0.05, 0) is 24.3 Å². The van der Waals surface area contributed by atoms with Crippen LogP contribution in [0.15, 0.2) is 24.3 Å². The summed E-state index contributed by atoms with van der Waals surface area (Å²) in [5, 5.41) is 10.3. The van der Waals surface area contributed by atoms with Gasteiger partial charge in [-0.3, -0.25) is 4.79 Å². The van der Waals surface area contributed by atoms with Crippen LogP contribution in [0.3, 0.4) is 0 Å². The Bertz CT molecular complexity index is 641. The van der Waals surface area contributed by atoms with E-state index in [1.54, 1.807) is 0 Å². The first-order valence-corrected chi connectivity index (χ1v) is 8.04. The fourth-order valence-electron chi connectivity index (χ4n) is 4.66. The van der Waals surface area contributed by atoms with Gasteiger partial charge in [-0.1, -0.05) is 13.2 Å². The van der Waals surface area contributed by atoms with Crippen LogP contribution in [0.4, 0.5) is 0 Å². The Labute approximate surface area is 139 Å². The van der Waals surface area contributed by atoms with Crippen LogP contribution in [-0.2, 0) is 28.5 Å². The number of carbonyl (C=O) groups is 2. The molecule has 2 bridgehead atoms. The van der Waals surface area contributed by atoms with Crippen molar-refractivity contribution in [1.82, 2.24) is 0 Å². The molecule has 3 saturated heterocycles. The van der Waals surface area contributed by atoms with Gasteiger partial charge in [0.2, 0.25) is 0 Å². The largest absolute Gasteiger partial charge is 0.465 e. The molecular weight excluding hydrogens is 316 g/mol. The first-order chi connectivity index (χ1) is 11.3. The first kappa shape index (κ1) is 15.8. The van der Waals surface area contributed by atoms with E-state index in [9.17, 15) is 14.7 Å². The summed E-state index contributed by atoms with van der Waals surface area (Å²) in [7, 11) is 0. The van der Waals surface area contributed by atoms with Crippen LogP contribution in [0, 0.1) is 17.3 Å². The summed E-state index contributed by atoms with van der Waals surface area (Å²) in [5.41, 5.74) is 0.427. The summed E-state index contributed by atoms with van der Waals surface area (Å²) in [4.78, 5) is 23.3. The highest BCUT2D eigenvalue weighted by Gasteiger charge is 2.65. The van der Waals surface area contributed by atoms with Crippen molar-refractivity contribution in [3.63, 3.8) is 0 Å². The summed E-state index contributed by atoms with van der Waals surface area (Å²) in [6, 6.07) is 0. The van der Waals surface area contributed by atoms with Gasteiger partial charge in [-0.15, -0.1) is 0 Å². The van der Waals surface area contributed by atoms with Crippen molar-refractivity contribution in [1.29, 1.82) is 0 Å². The van der Waals surface area contributed by atoms with Crippen LogP contribution in [0.1, 0.15) is 19.8 Å². The van der Waals surface area contributed by atoms with Crippen LogP contribution in [0.5, 0.6) is 0 Å². The Kier molecular flexibility index (Phi) is 3.39. The van der Waals surface area contributed by atoms with E-state index < -0.39 is 30.1 Å². The van der Waals surface area contributed by atoms with Crippen molar-refractivity contribution >= 4 is 11.9 Å². The Morgan fingerprint density at radius 1 is 1.42 bits per heavy atom. The highest BCUT2D eigenvalue weighted by molar-refractivity contribution is 5.90. The number of aliphatic hydroxyl groups excluding tert-OH is 1. The molecule has 4 aliphatic rings. The monoisotopic (exact) mass is 336 g/mol. The normalized spacial score (nSPS) is 46.3. The Morgan fingerprint density at radius 2 is 2.17 bits per heavy atom. The number of hydrogen-bond donors (Lipinski definition) is 1. The molecular formula is C17H20O7. The molecule has 7 atom stereocenters. The standard InChI is InChI=1S/C17H20O7/c1-7-10-4-11-8(2)16-23-13(15(20)24-16)17(11,6-21-9(3)18)5-12(10)22-14(7)19/h10-13,15-16,20H,1-2,4-6H2,3H3/t10-,11+,12-,13-,15-,16+,17+/m1/s1. The molecule has 7 heteroatoms. The third-order valence-electron chi connectivity index (χ3n) is 5.84. The minimum atomic E-state index is -1.14. The van der Waals surface area contributed by atoms with Crippen molar-refractivity contribution < 1.29 is 33.6 Å². The molecule has 0 unspecified atom stereocenters. The van der Waals surface area contributed by atoms with Crippen LogP contribution in [-0.4, -0.2) is 48.4 Å². The zero-order valence-corrected chi connectivity index (χ0v) is 13.4. The molecule has 4 rings (SSSR count). The highest BCUT2D eigenvalue weighted by atomic mass is 16.8. The van der Waals surface area contributed by atoms with Gasteiger partial charge in [-0.2, -0.15) is 0 Å². The van der Waals surface area contributed by atoms with E-state index in [0.717, 1.165) is 0 Å². The summed E-state index contributed by atoms with van der Waals surface area (Å²) in [6.07, 6.45) is -1.85. The second-order valence-electron chi connectivity index (χ2n) is 7.07. The van der Waals surface area contributed by atoms with E-state index in [1.165, 1.54) is 6.92 Å². The van der Waals surface area contributed by atoms with Crippen LogP contribution in [0.25, 0.3) is 0 Å². The second kappa shape index (κ2) is 5.15. The van der Waals surface area contributed by atoms with Gasteiger partial charge in [0.05, 0.1) is 0 Å². The summed E-state index contributed by atoms with van der Waals surface area (Å²) in [6.45, 7) is 9.32. The fraction of sp³-hybridized carbons (Fsp3) is 0.647. The summed E-state index contributed by atoms with van der Waals surface area (Å²) in [5.74, 6) is -1.02. The van der Waals surface area contributed by atoms with E-state index in [2.05, 4.69) is 13.2 Å². The van der Waals surface area contributed by atoms with E-state index >= 15 is 0 Å². The van der Waals surface area contributed by atoms with Gasteiger partial charge < -0.3 is 24.1 Å². The van der Waals surface area contributed by atoms with Gasteiger partial charge in [-0.25, -0.2) is 4.79 Å². The minimum absolute atomic E-state index is 0.0527. The lowest BCUT2D eigenvalue weighted by molar-refractivity contribution is -0.187. The van der Waals surface area contributed by atoms with Crippen LogP contribution >= 0.6 is 0 Å². The smallest absolute Gasteiger partial charge is 0.334 e. The number of ether oxygens (including phenoxy) is 4. The molecule has 0 aromatic rings. The van der Waals surface area contributed by atoms with Crippen molar-refractivity contribution in [2.45, 2.75) is 44.6 Å². The fourth-order valence-corrected chi connectivity index (χ4v) is 4.66. The van der Waals surface area contributed by atoms with Gasteiger partial charge >= 0.3 is 11.9 Å². The predicted molar refractivity (Wildman–Crippen MR) is 79.2 cm³/mol. The molecule has 4 fully saturated rings. The first-order valence-electron chi connectivity index (χ1n) is 8.04. The van der Waals surface area contributed by atoms with Gasteiger partial charge in [0.15, 0.2) is 12.6 Å². The molecule has 7 nitrogen and oxygen atoms in total. The number of rotatable bonds is 2. The summed E-state index contributed by atoms with van der Waals surface area (Å²) >= 11 is 0.